The number of hydrogen-bond acceptors (Lipinski definition) is 4. The number of aryl methyl sites for hydroxylation is 1. The van der Waals surface area contributed by atoms with Gasteiger partial charge < -0.3 is 5.32 Å². The van der Waals surface area contributed by atoms with Crippen molar-refractivity contribution in [3.05, 3.63) is 29.6 Å². The van der Waals surface area contributed by atoms with E-state index in [-0.39, 0.29) is 5.78 Å². The van der Waals surface area contributed by atoms with E-state index in [0.717, 1.165) is 30.2 Å². The smallest absolute Gasteiger partial charge is 0.140 e. The second-order valence-corrected chi connectivity index (χ2v) is 5.81. The molecule has 18 heavy (non-hydrogen) atoms. The lowest BCUT2D eigenvalue weighted by Gasteiger charge is -2.22. The fourth-order valence-corrected chi connectivity index (χ4v) is 3.02. The Morgan fingerprint density at radius 2 is 2.44 bits per heavy atom. The Morgan fingerprint density at radius 3 is 3.06 bits per heavy atom. The number of nitrogens with one attached hydrogen (secondary N) is 1. The molecule has 0 bridgehead atoms. The lowest BCUT2D eigenvalue weighted by molar-refractivity contribution is -0.118. The van der Waals surface area contributed by atoms with Gasteiger partial charge in [0.15, 0.2) is 0 Å². The van der Waals surface area contributed by atoms with Gasteiger partial charge in [0, 0.05) is 48.8 Å². The number of nitrogens with zero attached hydrogens (tertiary/aromatic N) is 1. The predicted octanol–water partition coefficient (Wildman–Crippen LogP) is 1.85. The molecule has 1 atom stereocenters. The van der Waals surface area contributed by atoms with E-state index in [1.165, 1.54) is 5.56 Å². The van der Waals surface area contributed by atoms with Gasteiger partial charge in [-0.05, 0) is 18.1 Å². The maximum Gasteiger partial charge on any atom is 0.140 e. The number of hydrogen-bond donors (Lipinski definition) is 1. The highest BCUT2D eigenvalue weighted by Crippen LogP contribution is 2.11. The van der Waals surface area contributed by atoms with Crippen molar-refractivity contribution in [3.8, 4) is 0 Å². The van der Waals surface area contributed by atoms with Crippen LogP contribution in [0.1, 0.15) is 24.6 Å². The second-order valence-electron chi connectivity index (χ2n) is 4.66. The highest BCUT2D eigenvalue weighted by atomic mass is 32.2. The fraction of sp³-hybridized carbons (Fsp3) is 0.571. The van der Waals surface area contributed by atoms with Gasteiger partial charge in [-0.1, -0.05) is 13.0 Å². The van der Waals surface area contributed by atoms with Crippen LogP contribution < -0.4 is 5.32 Å². The van der Waals surface area contributed by atoms with Gasteiger partial charge in [0.25, 0.3) is 0 Å². The Hall–Kier alpha value is -0.870. The Labute approximate surface area is 113 Å². The van der Waals surface area contributed by atoms with Crippen LogP contribution in [-0.4, -0.2) is 34.9 Å². The molecule has 0 saturated carbocycles. The summed E-state index contributed by atoms with van der Waals surface area (Å²) >= 11 is 1.93. The first-order chi connectivity index (χ1) is 8.78. The number of Topliss-reactive ketones (excluding diaryl/α,β-unsaturated/α-hetero) is 1. The molecule has 0 amide bonds. The van der Waals surface area contributed by atoms with E-state index in [4.69, 9.17) is 0 Å². The zero-order valence-electron chi connectivity index (χ0n) is 10.8. The van der Waals surface area contributed by atoms with E-state index < -0.39 is 0 Å². The SMILES string of the molecule is CCc1ccc(CC(=O)CC2CSCCN2)nc1. The molecule has 1 saturated heterocycles. The van der Waals surface area contributed by atoms with E-state index in [2.05, 4.69) is 23.3 Å². The third-order valence-corrected chi connectivity index (χ3v) is 4.28. The van der Waals surface area contributed by atoms with Crippen LogP contribution in [0.3, 0.4) is 0 Å². The molecular formula is C14H20N2OS. The van der Waals surface area contributed by atoms with Gasteiger partial charge in [0.05, 0.1) is 0 Å². The molecule has 2 heterocycles. The van der Waals surface area contributed by atoms with Crippen LogP contribution in [0.4, 0.5) is 0 Å². The largest absolute Gasteiger partial charge is 0.312 e. The van der Waals surface area contributed by atoms with E-state index >= 15 is 0 Å². The van der Waals surface area contributed by atoms with Crippen molar-refractivity contribution in [1.29, 1.82) is 0 Å². The topological polar surface area (TPSA) is 42.0 Å². The first-order valence-corrected chi connectivity index (χ1v) is 7.70. The molecule has 1 aromatic rings. The number of ketones is 1. The van der Waals surface area contributed by atoms with Crippen LogP contribution in [0.5, 0.6) is 0 Å². The average molecular weight is 264 g/mol. The summed E-state index contributed by atoms with van der Waals surface area (Å²) in [5.41, 5.74) is 2.11. The highest BCUT2D eigenvalue weighted by molar-refractivity contribution is 7.99. The molecule has 1 N–H and O–H groups in total. The van der Waals surface area contributed by atoms with Crippen LogP contribution in [-0.2, 0) is 17.6 Å². The quantitative estimate of drug-likeness (QED) is 0.881. The molecule has 1 fully saturated rings. The number of thioether (sulfide) groups is 1. The summed E-state index contributed by atoms with van der Waals surface area (Å²) in [6, 6.07) is 4.38. The van der Waals surface area contributed by atoms with Gasteiger partial charge in [0.1, 0.15) is 5.78 Å². The minimum atomic E-state index is 0.284. The molecular weight excluding hydrogens is 244 g/mol. The second kappa shape index (κ2) is 6.90. The van der Waals surface area contributed by atoms with Crippen LogP contribution in [0.2, 0.25) is 0 Å². The molecule has 98 valence electrons. The number of aromatic nitrogens is 1. The van der Waals surface area contributed by atoms with Crippen molar-refractivity contribution in [2.24, 2.45) is 0 Å². The Balaban J connectivity index is 1.82. The molecule has 2 rings (SSSR count). The third kappa shape index (κ3) is 4.10. The Kier molecular flexibility index (Phi) is 5.20. The van der Waals surface area contributed by atoms with E-state index in [1.54, 1.807) is 0 Å². The van der Waals surface area contributed by atoms with Gasteiger partial charge >= 0.3 is 0 Å². The molecule has 0 aromatic carbocycles. The zero-order valence-corrected chi connectivity index (χ0v) is 11.6. The summed E-state index contributed by atoms with van der Waals surface area (Å²) in [5.74, 6) is 2.49. The monoisotopic (exact) mass is 264 g/mol. The van der Waals surface area contributed by atoms with Gasteiger partial charge in [-0.2, -0.15) is 11.8 Å². The summed E-state index contributed by atoms with van der Waals surface area (Å²) in [6.07, 6.45) is 3.96. The number of carbonyl (C=O) groups excluding carboxylic acids is 1. The van der Waals surface area contributed by atoms with Crippen molar-refractivity contribution in [3.63, 3.8) is 0 Å². The van der Waals surface area contributed by atoms with Crippen LogP contribution in [0, 0.1) is 0 Å². The number of carbonyl (C=O) groups is 1. The molecule has 1 unspecified atom stereocenters. The Bertz CT molecular complexity index is 385. The maximum atomic E-state index is 11.9. The number of pyridine rings is 1. The summed E-state index contributed by atoms with van der Waals surface area (Å²) < 4.78 is 0. The lowest BCUT2D eigenvalue weighted by atomic mass is 10.1. The third-order valence-electron chi connectivity index (χ3n) is 3.15. The maximum absolute atomic E-state index is 11.9. The molecule has 1 aliphatic rings. The molecule has 0 radical (unpaired) electrons. The fourth-order valence-electron chi connectivity index (χ4n) is 2.07. The predicted molar refractivity (Wildman–Crippen MR) is 76.1 cm³/mol. The zero-order chi connectivity index (χ0) is 12.8. The van der Waals surface area contributed by atoms with Gasteiger partial charge in [-0.25, -0.2) is 0 Å². The van der Waals surface area contributed by atoms with Crippen molar-refractivity contribution >= 4 is 17.5 Å². The lowest BCUT2D eigenvalue weighted by Crippen LogP contribution is -2.39. The van der Waals surface area contributed by atoms with Gasteiger partial charge in [0.2, 0.25) is 0 Å². The van der Waals surface area contributed by atoms with Crippen molar-refractivity contribution < 1.29 is 4.79 Å². The molecule has 1 aromatic heterocycles. The van der Waals surface area contributed by atoms with Crippen LogP contribution in [0.25, 0.3) is 0 Å². The van der Waals surface area contributed by atoms with Crippen LogP contribution >= 0.6 is 11.8 Å². The van der Waals surface area contributed by atoms with Crippen molar-refractivity contribution in [1.82, 2.24) is 10.3 Å². The summed E-state index contributed by atoms with van der Waals surface area (Å²) in [7, 11) is 0. The highest BCUT2D eigenvalue weighted by Gasteiger charge is 2.16. The average Bonchev–Trinajstić information content (AvgIpc) is 2.40. The molecule has 0 spiro atoms. The van der Waals surface area contributed by atoms with E-state index in [9.17, 15) is 4.79 Å². The normalized spacial score (nSPS) is 19.7. The summed E-state index contributed by atoms with van der Waals surface area (Å²) in [6.45, 7) is 3.13. The van der Waals surface area contributed by atoms with E-state index in [0.29, 0.717) is 18.9 Å². The van der Waals surface area contributed by atoms with Gasteiger partial charge in [-0.15, -0.1) is 0 Å². The molecule has 1 aliphatic heterocycles. The van der Waals surface area contributed by atoms with E-state index in [1.807, 2.05) is 24.0 Å². The summed E-state index contributed by atoms with van der Waals surface area (Å²) in [4.78, 5) is 16.3. The molecule has 4 heteroatoms. The number of rotatable bonds is 5. The standard InChI is InChI=1S/C14H20N2OS/c1-2-11-3-4-12(16-9-11)7-14(17)8-13-10-18-6-5-15-13/h3-4,9,13,15H,2,5-8,10H2,1H3. The van der Waals surface area contributed by atoms with Crippen LogP contribution in [0.15, 0.2) is 18.3 Å². The first-order valence-electron chi connectivity index (χ1n) is 6.54. The Morgan fingerprint density at radius 1 is 1.56 bits per heavy atom. The minimum absolute atomic E-state index is 0.284. The molecule has 3 nitrogen and oxygen atoms in total. The van der Waals surface area contributed by atoms with Crippen molar-refractivity contribution in [2.75, 3.05) is 18.1 Å². The van der Waals surface area contributed by atoms with Crippen molar-refractivity contribution in [2.45, 2.75) is 32.2 Å². The summed E-state index contributed by atoms with van der Waals surface area (Å²) in [5, 5.41) is 3.39. The minimum Gasteiger partial charge on any atom is -0.312 e. The first kappa shape index (κ1) is 13.6. The van der Waals surface area contributed by atoms with Gasteiger partial charge in [-0.3, -0.25) is 9.78 Å². The molecule has 0 aliphatic carbocycles.